The van der Waals surface area contributed by atoms with Crippen LogP contribution in [0.1, 0.15) is 19.3 Å². The van der Waals surface area contributed by atoms with Crippen LogP contribution >= 0.6 is 0 Å². The zero-order valence-electron chi connectivity index (χ0n) is 8.44. The highest BCUT2D eigenvalue weighted by Gasteiger charge is 2.31. The van der Waals surface area contributed by atoms with Crippen LogP contribution in [-0.2, 0) is 19.4 Å². The Labute approximate surface area is 89.1 Å². The Balaban J connectivity index is 1.85. The normalized spacial score (nSPS) is 34.1. The predicted molar refractivity (Wildman–Crippen MR) is 54.2 cm³/mol. The van der Waals surface area contributed by atoms with Crippen LogP contribution in [0.4, 0.5) is 0 Å². The van der Waals surface area contributed by atoms with Crippen molar-refractivity contribution in [2.75, 3.05) is 18.1 Å². The highest BCUT2D eigenvalue weighted by molar-refractivity contribution is 7.91. The molecule has 0 aromatic rings. The predicted octanol–water partition coefficient (Wildman–Crippen LogP) is -0.531. The van der Waals surface area contributed by atoms with Crippen LogP contribution in [0, 0.1) is 0 Å². The largest absolute Gasteiger partial charge is 0.368 e. The molecule has 2 atom stereocenters. The molecule has 2 aliphatic heterocycles. The van der Waals surface area contributed by atoms with Crippen molar-refractivity contribution >= 4 is 15.7 Å². The minimum Gasteiger partial charge on any atom is -0.368 e. The number of carbonyl (C=O) groups excluding carboxylic acids is 1. The van der Waals surface area contributed by atoms with E-state index in [1.54, 1.807) is 0 Å². The molecule has 86 valence electrons. The summed E-state index contributed by atoms with van der Waals surface area (Å²) in [5.74, 6) is 0.101. The lowest BCUT2D eigenvalue weighted by Crippen LogP contribution is -2.41. The summed E-state index contributed by atoms with van der Waals surface area (Å²) in [6.45, 7) is 0.626. The topological polar surface area (TPSA) is 72.5 Å². The number of nitrogens with one attached hydrogen (secondary N) is 1. The Hall–Kier alpha value is -0.620. The molecule has 2 rings (SSSR count). The van der Waals surface area contributed by atoms with Crippen LogP contribution in [0.2, 0.25) is 0 Å². The first kappa shape index (κ1) is 10.9. The smallest absolute Gasteiger partial charge is 0.249 e. The Morgan fingerprint density at radius 1 is 1.33 bits per heavy atom. The van der Waals surface area contributed by atoms with Crippen LogP contribution in [0.15, 0.2) is 0 Å². The second-order valence-corrected chi connectivity index (χ2v) is 6.34. The standard InChI is InChI=1S/C9H15NO4S/c11-9(8-2-1-4-14-8)10-7-3-5-15(12,13)6-7/h7-8H,1-6H2,(H,10,11)/t7-,8-/m0/s1. The fourth-order valence-corrected chi connectivity index (χ4v) is 3.66. The third-order valence-electron chi connectivity index (χ3n) is 2.80. The van der Waals surface area contributed by atoms with Gasteiger partial charge in [-0.1, -0.05) is 0 Å². The van der Waals surface area contributed by atoms with Crippen LogP contribution in [0.25, 0.3) is 0 Å². The molecule has 0 unspecified atom stereocenters. The molecule has 6 heteroatoms. The van der Waals surface area contributed by atoms with Crippen molar-refractivity contribution in [3.8, 4) is 0 Å². The van der Waals surface area contributed by atoms with Gasteiger partial charge >= 0.3 is 0 Å². The monoisotopic (exact) mass is 233 g/mol. The van der Waals surface area contributed by atoms with Crippen molar-refractivity contribution in [3.05, 3.63) is 0 Å². The number of hydrogen-bond donors (Lipinski definition) is 1. The van der Waals surface area contributed by atoms with Crippen molar-refractivity contribution in [2.24, 2.45) is 0 Å². The zero-order chi connectivity index (χ0) is 10.9. The van der Waals surface area contributed by atoms with E-state index in [0.717, 1.165) is 12.8 Å². The van der Waals surface area contributed by atoms with Gasteiger partial charge < -0.3 is 10.1 Å². The maximum absolute atomic E-state index is 11.6. The van der Waals surface area contributed by atoms with Gasteiger partial charge in [0.1, 0.15) is 6.10 Å². The summed E-state index contributed by atoms with van der Waals surface area (Å²) < 4.78 is 27.5. The van der Waals surface area contributed by atoms with Crippen LogP contribution < -0.4 is 5.32 Å². The molecule has 0 aliphatic carbocycles. The average molecular weight is 233 g/mol. The lowest BCUT2D eigenvalue weighted by Gasteiger charge is -2.14. The molecule has 1 N–H and O–H groups in total. The lowest BCUT2D eigenvalue weighted by molar-refractivity contribution is -0.130. The molecule has 2 aliphatic rings. The van der Waals surface area contributed by atoms with E-state index in [-0.39, 0.29) is 29.6 Å². The number of sulfone groups is 1. The van der Waals surface area contributed by atoms with Gasteiger partial charge in [-0.3, -0.25) is 4.79 Å². The van der Waals surface area contributed by atoms with Crippen molar-refractivity contribution < 1.29 is 17.9 Å². The molecule has 0 bridgehead atoms. The van der Waals surface area contributed by atoms with Gasteiger partial charge in [0.05, 0.1) is 11.5 Å². The second kappa shape index (κ2) is 4.09. The molecule has 5 nitrogen and oxygen atoms in total. The van der Waals surface area contributed by atoms with E-state index in [0.29, 0.717) is 13.0 Å². The minimum absolute atomic E-state index is 0.0749. The Morgan fingerprint density at radius 2 is 2.13 bits per heavy atom. The first-order valence-electron chi connectivity index (χ1n) is 5.19. The Morgan fingerprint density at radius 3 is 2.67 bits per heavy atom. The average Bonchev–Trinajstić information content (AvgIpc) is 2.74. The van der Waals surface area contributed by atoms with E-state index < -0.39 is 9.84 Å². The molecule has 2 fully saturated rings. The van der Waals surface area contributed by atoms with E-state index in [2.05, 4.69) is 5.32 Å². The van der Waals surface area contributed by atoms with Crippen molar-refractivity contribution in [1.29, 1.82) is 0 Å². The number of ether oxygens (including phenoxy) is 1. The minimum atomic E-state index is -2.92. The molecule has 2 saturated heterocycles. The summed E-state index contributed by atoms with van der Waals surface area (Å²) in [5, 5.41) is 2.73. The van der Waals surface area contributed by atoms with E-state index in [4.69, 9.17) is 4.74 Å². The highest BCUT2D eigenvalue weighted by atomic mass is 32.2. The molecule has 0 saturated carbocycles. The molecule has 0 aromatic carbocycles. The summed E-state index contributed by atoms with van der Waals surface area (Å²) in [6.07, 6.45) is 1.81. The molecule has 0 spiro atoms. The third-order valence-corrected chi connectivity index (χ3v) is 4.57. The van der Waals surface area contributed by atoms with Gasteiger partial charge in [0.25, 0.3) is 0 Å². The van der Waals surface area contributed by atoms with Gasteiger partial charge in [-0.05, 0) is 19.3 Å². The SMILES string of the molecule is O=C(N[C@H]1CCS(=O)(=O)C1)[C@@H]1CCCO1. The van der Waals surface area contributed by atoms with E-state index >= 15 is 0 Å². The first-order valence-corrected chi connectivity index (χ1v) is 7.01. The van der Waals surface area contributed by atoms with E-state index in [1.807, 2.05) is 0 Å². The van der Waals surface area contributed by atoms with Gasteiger partial charge in [-0.25, -0.2) is 8.42 Å². The molecule has 15 heavy (non-hydrogen) atoms. The maximum atomic E-state index is 11.6. The summed E-state index contributed by atoms with van der Waals surface area (Å²) in [5.41, 5.74) is 0. The van der Waals surface area contributed by atoms with Crippen LogP contribution in [0.5, 0.6) is 0 Å². The second-order valence-electron chi connectivity index (χ2n) is 4.11. The number of rotatable bonds is 2. The van der Waals surface area contributed by atoms with Crippen LogP contribution in [0.3, 0.4) is 0 Å². The number of amides is 1. The number of hydrogen-bond acceptors (Lipinski definition) is 4. The van der Waals surface area contributed by atoms with Gasteiger partial charge in [-0.2, -0.15) is 0 Å². The van der Waals surface area contributed by atoms with Crippen LogP contribution in [-0.4, -0.2) is 44.6 Å². The highest BCUT2D eigenvalue weighted by Crippen LogP contribution is 2.15. The van der Waals surface area contributed by atoms with E-state index in [9.17, 15) is 13.2 Å². The first-order chi connectivity index (χ1) is 7.07. The fraction of sp³-hybridized carbons (Fsp3) is 0.889. The van der Waals surface area contributed by atoms with Gasteiger partial charge in [0.15, 0.2) is 9.84 Å². The van der Waals surface area contributed by atoms with Gasteiger partial charge in [0.2, 0.25) is 5.91 Å². The van der Waals surface area contributed by atoms with E-state index in [1.165, 1.54) is 0 Å². The molecular formula is C9H15NO4S. The quantitative estimate of drug-likeness (QED) is 0.696. The Bertz CT molecular complexity index is 345. The molecule has 1 amide bonds. The maximum Gasteiger partial charge on any atom is 0.249 e. The summed E-state index contributed by atoms with van der Waals surface area (Å²) in [7, 11) is -2.92. The molecule has 2 heterocycles. The molecule has 0 radical (unpaired) electrons. The van der Waals surface area contributed by atoms with Crippen molar-refractivity contribution in [1.82, 2.24) is 5.32 Å². The summed E-state index contributed by atoms with van der Waals surface area (Å²) in [4.78, 5) is 11.6. The van der Waals surface area contributed by atoms with Crippen molar-refractivity contribution in [2.45, 2.75) is 31.4 Å². The summed E-state index contributed by atoms with van der Waals surface area (Å²) in [6, 6.07) is -0.216. The third kappa shape index (κ3) is 2.69. The lowest BCUT2D eigenvalue weighted by atomic mass is 10.2. The van der Waals surface area contributed by atoms with Crippen molar-refractivity contribution in [3.63, 3.8) is 0 Å². The van der Waals surface area contributed by atoms with Gasteiger partial charge in [0, 0.05) is 12.6 Å². The fourth-order valence-electron chi connectivity index (χ4n) is 1.99. The molecule has 0 aromatic heterocycles. The zero-order valence-corrected chi connectivity index (χ0v) is 9.26. The van der Waals surface area contributed by atoms with Gasteiger partial charge in [-0.15, -0.1) is 0 Å². The number of carbonyl (C=O) groups is 1. The molecular weight excluding hydrogens is 218 g/mol. The Kier molecular flexibility index (Phi) is 2.97. The summed E-state index contributed by atoms with van der Waals surface area (Å²) >= 11 is 0.